The monoisotopic (exact) mass is 410 g/mol. The molecule has 0 spiro atoms. The van der Waals surface area contributed by atoms with Gasteiger partial charge in [0.15, 0.2) is 0 Å². The van der Waals surface area contributed by atoms with E-state index in [-0.39, 0.29) is 10.8 Å². The Labute approximate surface area is 185 Å². The summed E-state index contributed by atoms with van der Waals surface area (Å²) in [6.07, 6.45) is 4.42. The lowest BCUT2D eigenvalue weighted by Crippen LogP contribution is -2.12. The van der Waals surface area contributed by atoms with Gasteiger partial charge in [-0.25, -0.2) is 4.98 Å². The van der Waals surface area contributed by atoms with Gasteiger partial charge in [0.2, 0.25) is 0 Å². The van der Waals surface area contributed by atoms with Crippen LogP contribution in [0.15, 0.2) is 42.7 Å². The number of hydrogen-bond acceptors (Lipinski definition) is 1. The zero-order valence-corrected chi connectivity index (χ0v) is 20.1. The second kappa shape index (κ2) is 6.69. The maximum Gasteiger partial charge on any atom is 0.0969 e. The number of benzene rings is 4. The number of unbranched alkanes of at least 4 members (excludes halogenated alkanes) is 1. The van der Waals surface area contributed by atoms with Gasteiger partial charge in [0, 0.05) is 17.3 Å². The van der Waals surface area contributed by atoms with Gasteiger partial charge in [0.1, 0.15) is 0 Å². The van der Waals surface area contributed by atoms with Crippen LogP contribution in [0.5, 0.6) is 0 Å². The van der Waals surface area contributed by atoms with Crippen molar-refractivity contribution in [1.82, 2.24) is 9.55 Å². The lowest BCUT2D eigenvalue weighted by molar-refractivity contribution is 0.591. The highest BCUT2D eigenvalue weighted by molar-refractivity contribution is 6.32. The molecule has 0 bridgehead atoms. The van der Waals surface area contributed by atoms with Crippen molar-refractivity contribution in [2.45, 2.75) is 78.7 Å². The van der Waals surface area contributed by atoms with E-state index in [1.54, 1.807) is 0 Å². The zero-order chi connectivity index (χ0) is 22.1. The summed E-state index contributed by atoms with van der Waals surface area (Å²) in [4.78, 5) is 5.00. The lowest BCUT2D eigenvalue weighted by Gasteiger charge is -2.24. The van der Waals surface area contributed by atoms with Crippen molar-refractivity contribution in [2.24, 2.45) is 0 Å². The molecule has 0 unspecified atom stereocenters. The van der Waals surface area contributed by atoms with Gasteiger partial charge in [0.05, 0.1) is 17.4 Å². The van der Waals surface area contributed by atoms with E-state index in [4.69, 9.17) is 4.98 Å². The molecule has 0 aliphatic carbocycles. The summed E-state index contributed by atoms with van der Waals surface area (Å²) < 4.78 is 2.39. The molecule has 160 valence electrons. The smallest absolute Gasteiger partial charge is 0.0969 e. The van der Waals surface area contributed by atoms with E-state index in [0.717, 1.165) is 12.1 Å². The molecular formula is C29H34N2. The molecule has 2 nitrogen and oxygen atoms in total. The summed E-state index contributed by atoms with van der Waals surface area (Å²) in [6, 6.07) is 14.3. The van der Waals surface area contributed by atoms with E-state index < -0.39 is 0 Å². The highest BCUT2D eigenvalue weighted by Crippen LogP contribution is 2.44. The summed E-state index contributed by atoms with van der Waals surface area (Å²) in [7, 11) is 0. The van der Waals surface area contributed by atoms with E-state index in [2.05, 4.69) is 95.8 Å². The molecule has 0 amide bonds. The first kappa shape index (κ1) is 20.3. The Hall–Kier alpha value is -2.61. The Bertz CT molecular complexity index is 1420. The van der Waals surface area contributed by atoms with Crippen LogP contribution < -0.4 is 0 Å². The highest BCUT2D eigenvalue weighted by atomic mass is 15.0. The first-order valence-corrected chi connectivity index (χ1v) is 11.7. The molecule has 0 fully saturated rings. The van der Waals surface area contributed by atoms with Crippen LogP contribution in [0.4, 0.5) is 0 Å². The lowest BCUT2D eigenvalue weighted by atomic mass is 9.81. The standard InChI is InChI=1S/C29H34N2/c1-8-9-12-31-17-30-26-22-15-20(28(2,3)4)13-18-10-11-19-14-21(29(5,6)7)16-23(27(26)31)25(19)24(18)22/h10-11,13-17H,8-9,12H2,1-7H3. The Morgan fingerprint density at radius 1 is 0.774 bits per heavy atom. The third-order valence-corrected chi connectivity index (χ3v) is 6.86. The van der Waals surface area contributed by atoms with Gasteiger partial charge in [-0.1, -0.05) is 79.2 Å². The van der Waals surface area contributed by atoms with Crippen LogP contribution in [0.25, 0.3) is 43.4 Å². The Kier molecular flexibility index (Phi) is 4.38. The van der Waals surface area contributed by atoms with Gasteiger partial charge >= 0.3 is 0 Å². The van der Waals surface area contributed by atoms with Crippen molar-refractivity contribution < 1.29 is 0 Å². The van der Waals surface area contributed by atoms with Crippen molar-refractivity contribution in [1.29, 1.82) is 0 Å². The number of hydrogen-bond donors (Lipinski definition) is 0. The molecule has 0 saturated heterocycles. The highest BCUT2D eigenvalue weighted by Gasteiger charge is 2.23. The molecule has 5 aromatic rings. The molecule has 2 heteroatoms. The molecule has 1 aromatic heterocycles. The Morgan fingerprint density at radius 2 is 1.32 bits per heavy atom. The average Bonchev–Trinajstić information content (AvgIpc) is 3.13. The molecule has 5 rings (SSSR count). The fourth-order valence-electron chi connectivity index (χ4n) is 4.93. The maximum absolute atomic E-state index is 5.00. The molecule has 0 N–H and O–H groups in total. The van der Waals surface area contributed by atoms with Gasteiger partial charge in [0.25, 0.3) is 0 Å². The van der Waals surface area contributed by atoms with Crippen LogP contribution in [0.3, 0.4) is 0 Å². The minimum Gasteiger partial charge on any atom is -0.330 e. The fraction of sp³-hybridized carbons (Fsp3) is 0.414. The number of aryl methyl sites for hydroxylation is 1. The summed E-state index contributed by atoms with van der Waals surface area (Å²) >= 11 is 0. The van der Waals surface area contributed by atoms with E-state index in [1.807, 2.05) is 0 Å². The van der Waals surface area contributed by atoms with Crippen LogP contribution in [0.2, 0.25) is 0 Å². The SMILES string of the molecule is CCCCn1cnc2c3cc(C(C)(C)C)cc4ccc5cc(C(C)(C)C)cc(c5c43)c21. The average molecular weight is 411 g/mol. The summed E-state index contributed by atoms with van der Waals surface area (Å²) in [5.41, 5.74) is 5.41. The summed E-state index contributed by atoms with van der Waals surface area (Å²) in [6.45, 7) is 17.1. The molecule has 0 aliphatic rings. The first-order chi connectivity index (χ1) is 14.6. The predicted octanol–water partition coefficient (Wildman–Crippen LogP) is 8.33. The number of imidazole rings is 1. The van der Waals surface area contributed by atoms with Crippen LogP contribution in [-0.2, 0) is 17.4 Å². The third-order valence-electron chi connectivity index (χ3n) is 6.86. The number of fused-ring (bicyclic) bond motifs is 3. The van der Waals surface area contributed by atoms with E-state index in [9.17, 15) is 0 Å². The van der Waals surface area contributed by atoms with Crippen molar-refractivity contribution >= 4 is 43.4 Å². The molecule has 1 heterocycles. The van der Waals surface area contributed by atoms with E-state index >= 15 is 0 Å². The minimum absolute atomic E-state index is 0.0982. The van der Waals surface area contributed by atoms with Gasteiger partial charge in [-0.3, -0.25) is 0 Å². The minimum atomic E-state index is 0.0982. The predicted molar refractivity (Wildman–Crippen MR) is 136 cm³/mol. The maximum atomic E-state index is 5.00. The topological polar surface area (TPSA) is 17.8 Å². The first-order valence-electron chi connectivity index (χ1n) is 11.7. The van der Waals surface area contributed by atoms with E-state index in [0.29, 0.717) is 0 Å². The molecule has 0 radical (unpaired) electrons. The molecule has 4 aromatic carbocycles. The second-order valence-electron chi connectivity index (χ2n) is 11.3. The Balaban J connectivity index is 2.02. The Morgan fingerprint density at radius 3 is 1.87 bits per heavy atom. The van der Waals surface area contributed by atoms with Gasteiger partial charge in [-0.05, 0) is 62.1 Å². The van der Waals surface area contributed by atoms with Crippen LogP contribution in [0.1, 0.15) is 72.4 Å². The fourth-order valence-corrected chi connectivity index (χ4v) is 4.93. The van der Waals surface area contributed by atoms with Crippen molar-refractivity contribution in [2.75, 3.05) is 0 Å². The third kappa shape index (κ3) is 3.11. The zero-order valence-electron chi connectivity index (χ0n) is 20.1. The van der Waals surface area contributed by atoms with Crippen LogP contribution in [0, 0.1) is 0 Å². The largest absolute Gasteiger partial charge is 0.330 e. The quantitative estimate of drug-likeness (QED) is 0.273. The van der Waals surface area contributed by atoms with Crippen LogP contribution >= 0.6 is 0 Å². The summed E-state index contributed by atoms with van der Waals surface area (Å²) in [5, 5.41) is 8.09. The molecule has 0 aliphatic heterocycles. The number of rotatable bonds is 3. The van der Waals surface area contributed by atoms with Crippen molar-refractivity contribution in [3.8, 4) is 0 Å². The van der Waals surface area contributed by atoms with Crippen molar-refractivity contribution in [3.05, 3.63) is 53.9 Å². The normalized spacial score (nSPS) is 13.4. The molecule has 0 saturated carbocycles. The van der Waals surface area contributed by atoms with Gasteiger partial charge in [-0.2, -0.15) is 0 Å². The van der Waals surface area contributed by atoms with Gasteiger partial charge in [-0.15, -0.1) is 0 Å². The van der Waals surface area contributed by atoms with Gasteiger partial charge < -0.3 is 4.57 Å². The van der Waals surface area contributed by atoms with Crippen molar-refractivity contribution in [3.63, 3.8) is 0 Å². The number of aromatic nitrogens is 2. The second-order valence-corrected chi connectivity index (χ2v) is 11.3. The van der Waals surface area contributed by atoms with E-state index in [1.165, 1.54) is 61.8 Å². The molecule has 0 atom stereocenters. The molecular weight excluding hydrogens is 376 g/mol. The van der Waals surface area contributed by atoms with Crippen LogP contribution in [-0.4, -0.2) is 9.55 Å². The summed E-state index contributed by atoms with van der Waals surface area (Å²) in [5.74, 6) is 0. The molecule has 31 heavy (non-hydrogen) atoms. The number of nitrogens with zero attached hydrogens (tertiary/aromatic N) is 2.